The molecule has 0 aliphatic carbocycles. The first-order valence-electron chi connectivity index (χ1n) is 13.9. The van der Waals surface area contributed by atoms with Gasteiger partial charge in [0, 0.05) is 24.7 Å². The van der Waals surface area contributed by atoms with Crippen LogP contribution in [0.4, 0.5) is 13.2 Å². The number of hydrogen-bond donors (Lipinski definition) is 2. The highest BCUT2D eigenvalue weighted by atomic mass is 32.2. The van der Waals surface area contributed by atoms with Gasteiger partial charge in [0.05, 0.1) is 5.56 Å². The van der Waals surface area contributed by atoms with Gasteiger partial charge in [0.15, 0.2) is 5.03 Å². The number of rotatable bonds is 5. The van der Waals surface area contributed by atoms with Crippen LogP contribution in [-0.4, -0.2) is 53.4 Å². The van der Waals surface area contributed by atoms with Crippen LogP contribution in [0.15, 0.2) is 76.6 Å². The van der Waals surface area contributed by atoms with E-state index in [0.29, 0.717) is 15.5 Å². The summed E-state index contributed by atoms with van der Waals surface area (Å²) in [5.74, 6) is -2.48. The fourth-order valence-electron chi connectivity index (χ4n) is 5.61. The Labute approximate surface area is 257 Å². The van der Waals surface area contributed by atoms with Crippen LogP contribution in [0.3, 0.4) is 0 Å². The maximum Gasteiger partial charge on any atom is 0.416 e. The van der Waals surface area contributed by atoms with Crippen LogP contribution >= 0.6 is 0 Å². The zero-order valence-corrected chi connectivity index (χ0v) is 25.6. The maximum absolute atomic E-state index is 14.3. The number of aliphatic carboxylic acids is 1. The number of alkyl halides is 3. The molecule has 5 rings (SSSR count). The molecule has 0 saturated heterocycles. The molecule has 1 atom stereocenters. The topological polar surface area (TPSA) is 126 Å². The maximum atomic E-state index is 14.3. The van der Waals surface area contributed by atoms with E-state index >= 15 is 0 Å². The Hall–Kier alpha value is -4.49. The number of carboxylic acids is 1. The molecule has 236 valence electrons. The largest absolute Gasteiger partial charge is 0.480 e. The summed E-state index contributed by atoms with van der Waals surface area (Å²) in [6, 6.07) is 14.6. The first kappa shape index (κ1) is 31.9. The average Bonchev–Trinajstić information content (AvgIpc) is 2.94. The number of hydrogen-bond acceptors (Lipinski definition) is 5. The van der Waals surface area contributed by atoms with Crippen molar-refractivity contribution in [3.05, 3.63) is 99.3 Å². The molecule has 4 aromatic rings. The molecule has 0 bridgehead atoms. The molecule has 45 heavy (non-hydrogen) atoms. The number of carbonyl (C=O) groups excluding carboxylic acids is 1. The number of halogens is 3. The lowest BCUT2D eigenvalue weighted by Gasteiger charge is -2.34. The molecule has 1 unspecified atom stereocenters. The second-order valence-electron chi connectivity index (χ2n) is 11.9. The molecule has 0 radical (unpaired) electrons. The summed E-state index contributed by atoms with van der Waals surface area (Å²) in [6.45, 7) is 4.31. The minimum atomic E-state index is -4.82. The van der Waals surface area contributed by atoms with E-state index in [2.05, 4.69) is 5.32 Å². The molecule has 2 N–H and O–H groups in total. The Morgan fingerprint density at radius 2 is 1.64 bits per heavy atom. The van der Waals surface area contributed by atoms with Crippen LogP contribution < -0.4 is 10.9 Å². The van der Waals surface area contributed by atoms with Crippen LogP contribution in [0.1, 0.15) is 53.9 Å². The van der Waals surface area contributed by atoms with Crippen LogP contribution in [-0.2, 0) is 27.4 Å². The van der Waals surface area contributed by atoms with Crippen molar-refractivity contribution in [1.82, 2.24) is 14.2 Å². The van der Waals surface area contributed by atoms with Gasteiger partial charge in [-0.1, -0.05) is 54.6 Å². The van der Waals surface area contributed by atoms with Gasteiger partial charge in [-0.2, -0.15) is 17.5 Å². The Morgan fingerprint density at radius 1 is 1.00 bits per heavy atom. The van der Waals surface area contributed by atoms with Gasteiger partial charge in [-0.05, 0) is 66.8 Å². The van der Waals surface area contributed by atoms with Gasteiger partial charge in [0.25, 0.3) is 21.5 Å². The van der Waals surface area contributed by atoms with Crippen molar-refractivity contribution in [1.29, 1.82) is 0 Å². The number of aromatic nitrogens is 1. The van der Waals surface area contributed by atoms with Crippen LogP contribution in [0.2, 0.25) is 0 Å². The van der Waals surface area contributed by atoms with E-state index in [1.165, 1.54) is 6.07 Å². The van der Waals surface area contributed by atoms with Crippen LogP contribution in [0, 0.1) is 0 Å². The van der Waals surface area contributed by atoms with Gasteiger partial charge < -0.3 is 10.4 Å². The monoisotopic (exact) mass is 641 g/mol. The number of sulfonamides is 1. The summed E-state index contributed by atoms with van der Waals surface area (Å²) >= 11 is 0. The number of likely N-dealkylation sites (N-methyl/N-ethyl adjacent to an activating group) is 1. The molecule has 1 aromatic heterocycles. The number of nitrogens with one attached hydrogen (secondary N) is 1. The summed E-state index contributed by atoms with van der Waals surface area (Å²) in [6.07, 6.45) is -5.05. The van der Waals surface area contributed by atoms with Crippen molar-refractivity contribution in [3.8, 4) is 11.1 Å². The highest BCUT2D eigenvalue weighted by Crippen LogP contribution is 2.41. The molecule has 2 heterocycles. The molecule has 0 spiro atoms. The Morgan fingerprint density at radius 3 is 2.29 bits per heavy atom. The van der Waals surface area contributed by atoms with Crippen molar-refractivity contribution in [2.45, 2.75) is 50.0 Å². The van der Waals surface area contributed by atoms with E-state index in [9.17, 15) is 41.1 Å². The summed E-state index contributed by atoms with van der Waals surface area (Å²) in [4.78, 5) is 40.7. The SMILES string of the molecule is CN1CC(C(=O)O)n2c(c(-c3cccc(C(F)(F)F)c3)c(Cc3cccc4ccccc34)c(C(=O)NC(C)(C)C)c2=O)S1(=O)=O. The third-order valence-electron chi connectivity index (χ3n) is 7.59. The summed E-state index contributed by atoms with van der Waals surface area (Å²) in [5.41, 5.74) is -3.92. The fourth-order valence-corrected chi connectivity index (χ4v) is 7.20. The third-order valence-corrected chi connectivity index (χ3v) is 9.45. The van der Waals surface area contributed by atoms with Gasteiger partial charge in [0.2, 0.25) is 0 Å². The van der Waals surface area contributed by atoms with Crippen molar-refractivity contribution in [2.24, 2.45) is 0 Å². The van der Waals surface area contributed by atoms with Gasteiger partial charge >= 0.3 is 12.1 Å². The van der Waals surface area contributed by atoms with E-state index in [1.807, 2.05) is 18.2 Å². The normalized spacial score (nSPS) is 16.7. The van der Waals surface area contributed by atoms with Gasteiger partial charge in [-0.3, -0.25) is 14.2 Å². The zero-order valence-electron chi connectivity index (χ0n) is 24.8. The molecule has 3 aromatic carbocycles. The smallest absolute Gasteiger partial charge is 0.416 e. The molecule has 1 aliphatic heterocycles. The summed E-state index contributed by atoms with van der Waals surface area (Å²) in [5, 5.41) is 13.5. The van der Waals surface area contributed by atoms with Crippen molar-refractivity contribution < 1.29 is 36.3 Å². The van der Waals surface area contributed by atoms with Gasteiger partial charge in [-0.15, -0.1) is 0 Å². The minimum absolute atomic E-state index is 0.147. The molecule has 0 fully saturated rings. The molecular formula is C32H30F3N3O6S. The highest BCUT2D eigenvalue weighted by Gasteiger charge is 2.44. The average molecular weight is 642 g/mol. The molecular weight excluding hydrogens is 611 g/mol. The molecule has 0 saturated carbocycles. The van der Waals surface area contributed by atoms with E-state index in [1.54, 1.807) is 45.0 Å². The number of pyridine rings is 1. The lowest BCUT2D eigenvalue weighted by molar-refractivity contribution is -0.141. The Balaban J connectivity index is 2.01. The first-order chi connectivity index (χ1) is 20.9. The van der Waals surface area contributed by atoms with Crippen molar-refractivity contribution in [3.63, 3.8) is 0 Å². The lowest BCUT2D eigenvalue weighted by atomic mass is 9.89. The summed E-state index contributed by atoms with van der Waals surface area (Å²) in [7, 11) is -3.53. The number of benzene rings is 3. The van der Waals surface area contributed by atoms with E-state index in [4.69, 9.17) is 0 Å². The predicted molar refractivity (Wildman–Crippen MR) is 162 cm³/mol. The Bertz CT molecular complexity index is 2030. The van der Waals surface area contributed by atoms with E-state index < -0.39 is 67.9 Å². The number of carboxylic acid groups (broad SMARTS) is 1. The van der Waals surface area contributed by atoms with Crippen LogP contribution in [0.5, 0.6) is 0 Å². The highest BCUT2D eigenvalue weighted by molar-refractivity contribution is 7.89. The standard InChI is InChI=1S/C32H30F3N3O6S/c1-31(2,3)36-27(39)26-23(16-19-11-7-10-18-9-5-6-14-22(18)19)25(20-12-8-13-21(15-20)32(33,34)35)29-38(28(26)40)24(30(41)42)17-37(4)45(29,43)44/h5-15,24H,16-17H2,1-4H3,(H,36,39)(H,41,42). The number of amides is 1. The number of carbonyl (C=O) groups is 2. The van der Waals surface area contributed by atoms with E-state index in [0.717, 1.165) is 34.9 Å². The van der Waals surface area contributed by atoms with E-state index in [-0.39, 0.29) is 23.1 Å². The molecule has 9 nitrogen and oxygen atoms in total. The summed E-state index contributed by atoms with van der Waals surface area (Å²) < 4.78 is 71.1. The molecule has 1 aliphatic rings. The first-order valence-corrected chi connectivity index (χ1v) is 15.3. The molecule has 13 heteroatoms. The fraction of sp³-hybridized carbons (Fsp3) is 0.281. The third kappa shape index (κ3) is 5.85. The van der Waals surface area contributed by atoms with Gasteiger partial charge in [0.1, 0.15) is 11.6 Å². The number of nitrogens with zero attached hydrogens (tertiary/aromatic N) is 2. The lowest BCUT2D eigenvalue weighted by Crippen LogP contribution is -2.51. The predicted octanol–water partition coefficient (Wildman–Crippen LogP) is 5.07. The molecule has 1 amide bonds. The second-order valence-corrected chi connectivity index (χ2v) is 13.9. The number of fused-ring (bicyclic) bond motifs is 2. The van der Waals surface area contributed by atoms with Gasteiger partial charge in [-0.25, -0.2) is 13.2 Å². The van der Waals surface area contributed by atoms with Crippen molar-refractivity contribution >= 4 is 32.7 Å². The quantitative estimate of drug-likeness (QED) is 0.314. The minimum Gasteiger partial charge on any atom is -0.480 e. The second kappa shape index (κ2) is 11.1. The van der Waals surface area contributed by atoms with Crippen molar-refractivity contribution in [2.75, 3.05) is 13.6 Å². The Kier molecular flexibility index (Phi) is 7.91. The zero-order chi connectivity index (χ0) is 33.1. The van der Waals surface area contributed by atoms with Crippen LogP contribution in [0.25, 0.3) is 21.9 Å².